The Balaban J connectivity index is 1.67. The average molecular weight is 323 g/mol. The highest BCUT2D eigenvalue weighted by Crippen LogP contribution is 2.33. The van der Waals surface area contributed by atoms with Gasteiger partial charge in [0.2, 0.25) is 15.9 Å². The molecule has 22 heavy (non-hydrogen) atoms. The molecular formula is C15H21N3O3S. The van der Waals surface area contributed by atoms with Crippen molar-refractivity contribution >= 4 is 21.6 Å². The fourth-order valence-electron chi connectivity index (χ4n) is 3.50. The molecule has 0 bridgehead atoms. The van der Waals surface area contributed by atoms with E-state index in [1.807, 2.05) is 0 Å². The topological polar surface area (TPSA) is 101 Å². The van der Waals surface area contributed by atoms with Gasteiger partial charge in [0.05, 0.1) is 10.9 Å². The number of anilines is 1. The van der Waals surface area contributed by atoms with E-state index in [0.717, 1.165) is 12.8 Å². The quantitative estimate of drug-likeness (QED) is 0.777. The summed E-state index contributed by atoms with van der Waals surface area (Å²) < 4.78 is 22.7. The van der Waals surface area contributed by atoms with E-state index in [1.165, 1.54) is 31.4 Å². The van der Waals surface area contributed by atoms with E-state index < -0.39 is 10.0 Å². The zero-order valence-corrected chi connectivity index (χ0v) is 13.1. The minimum absolute atomic E-state index is 0.00153. The smallest absolute Gasteiger partial charge is 0.241 e. The van der Waals surface area contributed by atoms with Crippen molar-refractivity contribution in [2.45, 2.75) is 49.1 Å². The molecule has 1 aromatic rings. The lowest BCUT2D eigenvalue weighted by Gasteiger charge is -2.24. The number of benzene rings is 1. The van der Waals surface area contributed by atoms with Gasteiger partial charge in [-0.3, -0.25) is 4.79 Å². The summed E-state index contributed by atoms with van der Waals surface area (Å²) in [7, 11) is -3.76. The molecule has 1 saturated heterocycles. The molecule has 1 saturated carbocycles. The summed E-state index contributed by atoms with van der Waals surface area (Å²) in [6, 6.07) is 6.26. The highest BCUT2D eigenvalue weighted by Gasteiger charge is 2.38. The molecule has 0 radical (unpaired) electrons. The van der Waals surface area contributed by atoms with Crippen LogP contribution in [0.15, 0.2) is 29.2 Å². The number of carbonyl (C=O) groups is 1. The Hall–Kier alpha value is -1.44. The van der Waals surface area contributed by atoms with Crippen molar-refractivity contribution in [1.29, 1.82) is 0 Å². The largest absolute Gasteiger partial charge is 0.325 e. The van der Waals surface area contributed by atoms with Gasteiger partial charge in [-0.1, -0.05) is 18.9 Å². The molecule has 3 rings (SSSR count). The lowest BCUT2D eigenvalue weighted by atomic mass is 9.85. The van der Waals surface area contributed by atoms with E-state index >= 15 is 0 Å². The lowest BCUT2D eigenvalue weighted by molar-refractivity contribution is -0.117. The maximum atomic E-state index is 12.4. The fourth-order valence-corrected chi connectivity index (χ4v) is 4.06. The molecule has 6 nitrogen and oxygen atoms in total. The first-order valence-corrected chi connectivity index (χ1v) is 9.18. The van der Waals surface area contributed by atoms with Crippen molar-refractivity contribution in [1.82, 2.24) is 5.32 Å². The summed E-state index contributed by atoms with van der Waals surface area (Å²) in [6.45, 7) is 0. The molecule has 1 aliphatic heterocycles. The van der Waals surface area contributed by atoms with Crippen molar-refractivity contribution in [2.75, 3.05) is 5.32 Å². The number of fused-ring (bicyclic) bond motifs is 1. The number of nitrogens with two attached hydrogens (primary N) is 1. The van der Waals surface area contributed by atoms with E-state index in [2.05, 4.69) is 10.6 Å². The monoisotopic (exact) mass is 323 g/mol. The number of amides is 1. The molecule has 1 amide bonds. The maximum Gasteiger partial charge on any atom is 0.241 e. The first-order chi connectivity index (χ1) is 10.4. The third kappa shape index (κ3) is 3.31. The van der Waals surface area contributed by atoms with Crippen molar-refractivity contribution in [2.24, 2.45) is 11.1 Å². The average Bonchev–Trinajstić information content (AvgIpc) is 2.90. The van der Waals surface area contributed by atoms with Gasteiger partial charge in [-0.25, -0.2) is 13.6 Å². The molecule has 4 N–H and O–H groups in total. The summed E-state index contributed by atoms with van der Waals surface area (Å²) >= 11 is 0. The molecule has 1 aliphatic carbocycles. The van der Waals surface area contributed by atoms with Crippen LogP contribution in [0.1, 0.15) is 32.1 Å². The van der Waals surface area contributed by atoms with Crippen LogP contribution in [0.5, 0.6) is 0 Å². The Labute approximate surface area is 130 Å². The second-order valence-electron chi connectivity index (χ2n) is 6.17. The van der Waals surface area contributed by atoms with Gasteiger partial charge in [0.25, 0.3) is 0 Å². The van der Waals surface area contributed by atoms with E-state index in [4.69, 9.17) is 5.14 Å². The summed E-state index contributed by atoms with van der Waals surface area (Å²) in [5.74, 6) is 0.473. The number of hydrogen-bond donors (Lipinski definition) is 3. The van der Waals surface area contributed by atoms with Crippen molar-refractivity contribution < 1.29 is 13.2 Å². The zero-order chi connectivity index (χ0) is 15.7. The maximum absolute atomic E-state index is 12.4. The molecule has 7 heteroatoms. The van der Waals surface area contributed by atoms with Crippen LogP contribution in [0.4, 0.5) is 5.69 Å². The van der Waals surface area contributed by atoms with Gasteiger partial charge in [0.1, 0.15) is 0 Å². The molecule has 0 spiro atoms. The van der Waals surface area contributed by atoms with E-state index in [-0.39, 0.29) is 16.8 Å². The molecule has 120 valence electrons. The van der Waals surface area contributed by atoms with Crippen LogP contribution < -0.4 is 15.8 Å². The SMILES string of the molecule is NS(=O)(=O)c1cccc(NC(=O)C2CC3CCCCC3N2)c1. The first kappa shape index (κ1) is 15.5. The predicted molar refractivity (Wildman–Crippen MR) is 83.7 cm³/mol. The van der Waals surface area contributed by atoms with Gasteiger partial charge in [0, 0.05) is 11.7 Å². The number of primary sulfonamides is 1. The lowest BCUT2D eigenvalue weighted by Crippen LogP contribution is -2.39. The predicted octanol–water partition coefficient (Wildman–Crippen LogP) is 1.19. The molecule has 1 aromatic carbocycles. The number of sulfonamides is 1. The van der Waals surface area contributed by atoms with Crippen LogP contribution in [0, 0.1) is 5.92 Å². The molecule has 3 unspecified atom stereocenters. The third-order valence-electron chi connectivity index (χ3n) is 4.61. The Morgan fingerprint density at radius 2 is 2.05 bits per heavy atom. The van der Waals surface area contributed by atoms with Gasteiger partial charge >= 0.3 is 0 Å². The number of rotatable bonds is 3. The number of hydrogen-bond acceptors (Lipinski definition) is 4. The molecule has 1 heterocycles. The summed E-state index contributed by atoms with van der Waals surface area (Å²) in [4.78, 5) is 12.4. The Kier molecular flexibility index (Phi) is 4.20. The second kappa shape index (κ2) is 5.98. The minimum atomic E-state index is -3.76. The van der Waals surface area contributed by atoms with E-state index in [0.29, 0.717) is 17.6 Å². The minimum Gasteiger partial charge on any atom is -0.325 e. The van der Waals surface area contributed by atoms with Crippen LogP contribution in [-0.4, -0.2) is 26.4 Å². The Bertz CT molecular complexity index is 660. The molecule has 2 aliphatic rings. The van der Waals surface area contributed by atoms with Gasteiger partial charge < -0.3 is 10.6 Å². The van der Waals surface area contributed by atoms with E-state index in [9.17, 15) is 13.2 Å². The summed E-state index contributed by atoms with van der Waals surface area (Å²) in [5.41, 5.74) is 0.452. The normalized spacial score (nSPS) is 28.1. The van der Waals surface area contributed by atoms with Gasteiger partial charge in [0.15, 0.2) is 0 Å². The third-order valence-corrected chi connectivity index (χ3v) is 5.52. The molecule has 3 atom stereocenters. The van der Waals surface area contributed by atoms with Gasteiger partial charge in [-0.05, 0) is 43.4 Å². The standard InChI is InChI=1S/C15H21N3O3S/c16-22(20,21)12-6-3-5-11(9-12)17-15(19)14-8-10-4-1-2-7-13(10)18-14/h3,5-6,9-10,13-14,18H,1-2,4,7-8H2,(H,17,19)(H2,16,20,21). The van der Waals surface area contributed by atoms with Crippen molar-refractivity contribution in [3.05, 3.63) is 24.3 Å². The van der Waals surface area contributed by atoms with Gasteiger partial charge in [-0.2, -0.15) is 0 Å². The molecule has 0 aromatic heterocycles. The molecular weight excluding hydrogens is 302 g/mol. The van der Waals surface area contributed by atoms with E-state index in [1.54, 1.807) is 12.1 Å². The second-order valence-corrected chi connectivity index (χ2v) is 7.73. The van der Waals surface area contributed by atoms with Crippen LogP contribution in [-0.2, 0) is 14.8 Å². The van der Waals surface area contributed by atoms with Crippen LogP contribution in [0.25, 0.3) is 0 Å². The van der Waals surface area contributed by atoms with Crippen molar-refractivity contribution in [3.63, 3.8) is 0 Å². The van der Waals surface area contributed by atoms with Crippen LogP contribution in [0.2, 0.25) is 0 Å². The van der Waals surface area contributed by atoms with Crippen molar-refractivity contribution in [3.8, 4) is 0 Å². The summed E-state index contributed by atoms with van der Waals surface area (Å²) in [5, 5.41) is 11.3. The summed E-state index contributed by atoms with van der Waals surface area (Å²) in [6.07, 6.45) is 5.63. The number of carbonyl (C=O) groups excluding carboxylic acids is 1. The highest BCUT2D eigenvalue weighted by atomic mass is 32.2. The van der Waals surface area contributed by atoms with Gasteiger partial charge in [-0.15, -0.1) is 0 Å². The van der Waals surface area contributed by atoms with Crippen LogP contribution >= 0.6 is 0 Å². The van der Waals surface area contributed by atoms with Crippen LogP contribution in [0.3, 0.4) is 0 Å². The Morgan fingerprint density at radius 1 is 1.27 bits per heavy atom. The number of nitrogens with one attached hydrogen (secondary N) is 2. The molecule has 2 fully saturated rings. The fraction of sp³-hybridized carbons (Fsp3) is 0.533. The Morgan fingerprint density at radius 3 is 2.77 bits per heavy atom. The first-order valence-electron chi connectivity index (χ1n) is 7.63. The zero-order valence-electron chi connectivity index (χ0n) is 12.3. The highest BCUT2D eigenvalue weighted by molar-refractivity contribution is 7.89.